The minimum atomic E-state index is -0.742. The van der Waals surface area contributed by atoms with Gasteiger partial charge in [-0.3, -0.25) is 19.1 Å². The van der Waals surface area contributed by atoms with Crippen molar-refractivity contribution in [1.29, 1.82) is 5.26 Å². The van der Waals surface area contributed by atoms with Crippen LogP contribution in [0.4, 0.5) is 0 Å². The van der Waals surface area contributed by atoms with Crippen LogP contribution in [0.1, 0.15) is 16.7 Å². The number of aromatic amines is 2. The normalized spacial score (nSPS) is 10.7. The summed E-state index contributed by atoms with van der Waals surface area (Å²) < 4.78 is 12.5. The second kappa shape index (κ2) is 7.88. The average molecular weight is 431 g/mol. The number of benzene rings is 2. The number of fused-ring (bicyclic) bond motifs is 1. The van der Waals surface area contributed by atoms with Crippen LogP contribution < -0.4 is 26.3 Å². The Kier molecular flexibility index (Phi) is 5.08. The monoisotopic (exact) mass is 431 g/mol. The molecule has 0 spiro atoms. The number of hydrogen-bond donors (Lipinski definition) is 2. The van der Waals surface area contributed by atoms with E-state index in [2.05, 4.69) is 15.2 Å². The highest BCUT2D eigenvalue weighted by molar-refractivity contribution is 5.91. The number of nitrogens with one attached hydrogen (secondary N) is 2. The number of hydrogen-bond acceptors (Lipinski definition) is 7. The fourth-order valence-electron chi connectivity index (χ4n) is 3.48. The number of ether oxygens (including phenoxy) is 2. The van der Waals surface area contributed by atoms with Crippen molar-refractivity contribution in [2.75, 3.05) is 7.11 Å². The van der Waals surface area contributed by atoms with Crippen LogP contribution in [0.3, 0.4) is 0 Å². The molecule has 10 nitrogen and oxygen atoms in total. The first-order valence-electron chi connectivity index (χ1n) is 9.45. The molecule has 32 heavy (non-hydrogen) atoms. The molecule has 0 saturated carbocycles. The Labute approximate surface area is 180 Å². The van der Waals surface area contributed by atoms with Gasteiger partial charge in [0.2, 0.25) is 5.88 Å². The second-order valence-electron chi connectivity index (χ2n) is 7.04. The topological polar surface area (TPSA) is 143 Å². The molecule has 160 valence electrons. The van der Waals surface area contributed by atoms with Crippen LogP contribution in [0.25, 0.3) is 16.5 Å². The molecular formula is C22H17N5O5. The fourth-order valence-corrected chi connectivity index (χ4v) is 3.48. The van der Waals surface area contributed by atoms with Gasteiger partial charge in [0.1, 0.15) is 23.1 Å². The summed E-state index contributed by atoms with van der Waals surface area (Å²) in [6.07, 6.45) is 1.19. The predicted octanol–water partition coefficient (Wildman–Crippen LogP) is 2.05. The Bertz CT molecular complexity index is 1570. The van der Waals surface area contributed by atoms with Gasteiger partial charge in [0.15, 0.2) is 0 Å². The van der Waals surface area contributed by atoms with E-state index in [9.17, 15) is 14.4 Å². The number of aromatic nitrogens is 4. The van der Waals surface area contributed by atoms with E-state index in [0.717, 1.165) is 0 Å². The van der Waals surface area contributed by atoms with Crippen molar-refractivity contribution in [3.8, 4) is 29.1 Å². The molecule has 2 aromatic carbocycles. The molecule has 0 aliphatic carbocycles. The molecule has 0 aliphatic rings. The molecule has 0 amide bonds. The second-order valence-corrected chi connectivity index (χ2v) is 7.04. The third kappa shape index (κ3) is 3.41. The lowest BCUT2D eigenvalue weighted by atomic mass is 10.1. The number of methoxy groups -OCH3 is 1. The van der Waals surface area contributed by atoms with Crippen LogP contribution in [0, 0.1) is 25.2 Å². The highest BCUT2D eigenvalue weighted by Gasteiger charge is 2.16. The maximum atomic E-state index is 12.3. The lowest BCUT2D eigenvalue weighted by Crippen LogP contribution is -2.30. The van der Waals surface area contributed by atoms with Crippen molar-refractivity contribution in [1.82, 2.24) is 19.7 Å². The molecule has 10 heteroatoms. The molecule has 2 heterocycles. The molecular weight excluding hydrogens is 414 g/mol. The molecule has 4 rings (SSSR count). The van der Waals surface area contributed by atoms with Gasteiger partial charge >= 0.3 is 5.69 Å². The lowest BCUT2D eigenvalue weighted by Gasteiger charge is -2.15. The molecule has 0 fully saturated rings. The van der Waals surface area contributed by atoms with Crippen LogP contribution >= 0.6 is 0 Å². The SMILES string of the molecule is COc1cccc2c(Oc3c(C)cc(-n4cc(C#N)c(=O)[nH]c4=O)cc3C)n[nH]c(=O)c12. The molecule has 0 saturated heterocycles. The van der Waals surface area contributed by atoms with Gasteiger partial charge in [-0.15, -0.1) is 5.10 Å². The number of nitriles is 1. The summed E-state index contributed by atoms with van der Waals surface area (Å²) in [5, 5.41) is 16.3. The molecule has 2 N–H and O–H groups in total. The maximum absolute atomic E-state index is 12.3. The van der Waals surface area contributed by atoms with Gasteiger partial charge < -0.3 is 9.47 Å². The number of H-pyrrole nitrogens is 2. The number of aryl methyl sites for hydroxylation is 2. The standard InChI is InChI=1S/C22H17N5O5/c1-11-7-14(27-10-13(9-23)19(28)24-22(27)30)8-12(2)18(11)32-21-15-5-4-6-16(31-3)17(15)20(29)25-26-21/h4-8,10H,1-3H3,(H,25,29)(H,24,28,30). The predicted molar refractivity (Wildman–Crippen MR) is 116 cm³/mol. The lowest BCUT2D eigenvalue weighted by molar-refractivity contribution is 0.418. The molecule has 0 unspecified atom stereocenters. The van der Waals surface area contributed by atoms with Crippen molar-refractivity contribution in [2.24, 2.45) is 0 Å². The molecule has 0 aliphatic heterocycles. The highest BCUT2D eigenvalue weighted by Crippen LogP contribution is 2.34. The largest absolute Gasteiger partial charge is 0.496 e. The zero-order chi connectivity index (χ0) is 23.0. The van der Waals surface area contributed by atoms with E-state index < -0.39 is 16.8 Å². The minimum Gasteiger partial charge on any atom is -0.496 e. The van der Waals surface area contributed by atoms with Gasteiger partial charge in [0, 0.05) is 6.20 Å². The van der Waals surface area contributed by atoms with Crippen LogP contribution in [0.5, 0.6) is 17.4 Å². The number of rotatable bonds is 4. The third-order valence-corrected chi connectivity index (χ3v) is 4.95. The van der Waals surface area contributed by atoms with E-state index in [1.165, 1.54) is 17.9 Å². The Balaban J connectivity index is 1.83. The van der Waals surface area contributed by atoms with Crippen molar-refractivity contribution < 1.29 is 9.47 Å². The summed E-state index contributed by atoms with van der Waals surface area (Å²) in [5.41, 5.74) is -0.208. The Morgan fingerprint density at radius 2 is 1.81 bits per heavy atom. The van der Waals surface area contributed by atoms with Gasteiger partial charge in [-0.05, 0) is 49.2 Å². The molecule has 4 aromatic rings. The first-order chi connectivity index (χ1) is 15.3. The first-order valence-corrected chi connectivity index (χ1v) is 9.45. The van der Waals surface area contributed by atoms with Crippen LogP contribution in [0.2, 0.25) is 0 Å². The summed E-state index contributed by atoms with van der Waals surface area (Å²) in [6.45, 7) is 3.56. The van der Waals surface area contributed by atoms with Crippen molar-refractivity contribution in [3.05, 3.63) is 84.4 Å². The summed E-state index contributed by atoms with van der Waals surface area (Å²) in [6, 6.07) is 10.2. The van der Waals surface area contributed by atoms with Gasteiger partial charge in [-0.25, -0.2) is 9.89 Å². The quantitative estimate of drug-likeness (QED) is 0.503. The summed E-state index contributed by atoms with van der Waals surface area (Å²) >= 11 is 0. The van der Waals surface area contributed by atoms with Crippen LogP contribution in [-0.4, -0.2) is 26.9 Å². The first kappa shape index (κ1) is 20.6. The minimum absolute atomic E-state index is 0.182. The molecule has 0 atom stereocenters. The smallest absolute Gasteiger partial charge is 0.332 e. The van der Waals surface area contributed by atoms with E-state index in [0.29, 0.717) is 39.1 Å². The fraction of sp³-hybridized carbons (Fsp3) is 0.136. The Morgan fingerprint density at radius 3 is 2.47 bits per heavy atom. The highest BCUT2D eigenvalue weighted by atomic mass is 16.5. The van der Waals surface area contributed by atoms with E-state index in [-0.39, 0.29) is 11.4 Å². The average Bonchev–Trinajstić information content (AvgIpc) is 2.77. The van der Waals surface area contributed by atoms with E-state index in [1.807, 2.05) is 0 Å². The third-order valence-electron chi connectivity index (χ3n) is 4.95. The summed E-state index contributed by atoms with van der Waals surface area (Å²) in [7, 11) is 1.47. The van der Waals surface area contributed by atoms with Gasteiger partial charge in [-0.2, -0.15) is 5.26 Å². The van der Waals surface area contributed by atoms with Crippen LogP contribution in [-0.2, 0) is 0 Å². The van der Waals surface area contributed by atoms with Gasteiger partial charge in [-0.1, -0.05) is 6.07 Å². The van der Waals surface area contributed by atoms with Crippen molar-refractivity contribution >= 4 is 10.8 Å². The van der Waals surface area contributed by atoms with E-state index in [4.69, 9.17) is 14.7 Å². The Morgan fingerprint density at radius 1 is 1.09 bits per heavy atom. The Hall–Kier alpha value is -4.65. The summed E-state index contributed by atoms with van der Waals surface area (Å²) in [5.74, 6) is 1.06. The number of nitrogens with zero attached hydrogens (tertiary/aromatic N) is 3. The van der Waals surface area contributed by atoms with Crippen molar-refractivity contribution in [2.45, 2.75) is 13.8 Å². The zero-order valence-corrected chi connectivity index (χ0v) is 17.3. The molecule has 0 bridgehead atoms. The van der Waals surface area contributed by atoms with E-state index in [1.54, 1.807) is 50.2 Å². The molecule has 0 radical (unpaired) electrons. The van der Waals surface area contributed by atoms with Gasteiger partial charge in [0.05, 0.1) is 23.6 Å². The van der Waals surface area contributed by atoms with Crippen LogP contribution in [0.15, 0.2) is 50.9 Å². The van der Waals surface area contributed by atoms with Crippen molar-refractivity contribution in [3.63, 3.8) is 0 Å². The van der Waals surface area contributed by atoms with E-state index >= 15 is 0 Å². The zero-order valence-electron chi connectivity index (χ0n) is 17.3. The summed E-state index contributed by atoms with van der Waals surface area (Å²) in [4.78, 5) is 38.3. The van der Waals surface area contributed by atoms with Gasteiger partial charge in [0.25, 0.3) is 11.1 Å². The molecule has 2 aromatic heterocycles. The maximum Gasteiger partial charge on any atom is 0.332 e.